The monoisotopic (exact) mass is 346 g/mol. The first-order valence-corrected chi connectivity index (χ1v) is 12.3. The molecular weight excluding hydrogens is 328 g/mol. The van der Waals surface area contributed by atoms with Crippen molar-refractivity contribution < 1.29 is 0 Å². The summed E-state index contributed by atoms with van der Waals surface area (Å²) in [7, 11) is -1.27. The van der Waals surface area contributed by atoms with E-state index in [9.17, 15) is 0 Å². The van der Waals surface area contributed by atoms with Gasteiger partial charge in [0.25, 0.3) is 0 Å². The second-order valence-electron chi connectivity index (χ2n) is 6.62. The quantitative estimate of drug-likeness (QED) is 0.545. The molecule has 0 aliphatic heterocycles. The maximum Gasteiger partial charge on any atom is 0.103 e. The Morgan fingerprint density at radius 1 is 1.14 bits per heavy atom. The number of benzene rings is 1. The van der Waals surface area contributed by atoms with Crippen LogP contribution in [-0.2, 0) is 6.17 Å². The molecule has 2 heterocycles. The molecule has 0 atom stereocenters. The van der Waals surface area contributed by atoms with Crippen LogP contribution in [0.15, 0.2) is 47.8 Å². The smallest absolute Gasteiger partial charge is 0.103 e. The van der Waals surface area contributed by atoms with Crippen LogP contribution in [0.25, 0.3) is 21.8 Å². The molecule has 0 fully saturated rings. The van der Waals surface area contributed by atoms with E-state index in [2.05, 4.69) is 60.0 Å². The Morgan fingerprint density at radius 3 is 2.45 bits per heavy atom. The molecule has 2 aromatic heterocycles. The van der Waals surface area contributed by atoms with Gasteiger partial charge in [0.1, 0.15) is 5.69 Å². The molecule has 3 aromatic rings. The molecule has 0 N–H and O–H groups in total. The zero-order valence-electron chi connectivity index (χ0n) is 13.0. The van der Waals surface area contributed by atoms with E-state index in [-0.39, 0.29) is 0 Å². The fourth-order valence-electron chi connectivity index (χ4n) is 2.38. The number of hydrogen-bond donors (Lipinski definition) is 0. The topological polar surface area (TPSA) is 17.8 Å². The van der Waals surface area contributed by atoms with Crippen molar-refractivity contribution in [3.63, 3.8) is 0 Å². The highest BCUT2D eigenvalue weighted by Crippen LogP contribution is 2.30. The molecule has 0 unspecified atom stereocenters. The summed E-state index contributed by atoms with van der Waals surface area (Å²) >= 11 is 7.75. The lowest BCUT2D eigenvalue weighted by Gasteiger charge is -2.17. The molecule has 0 saturated heterocycles. The van der Waals surface area contributed by atoms with E-state index in [1.807, 2.05) is 12.1 Å². The van der Waals surface area contributed by atoms with Gasteiger partial charge in [-0.1, -0.05) is 49.4 Å². The van der Waals surface area contributed by atoms with Crippen molar-refractivity contribution in [2.45, 2.75) is 25.8 Å². The minimum Gasteiger partial charge on any atom is -0.267 e. The lowest BCUT2D eigenvalue weighted by Crippen LogP contribution is -2.29. The molecule has 22 heavy (non-hydrogen) atoms. The minimum absolute atomic E-state index is 0.762. The predicted octanol–water partition coefficient (Wildman–Crippen LogP) is 5.81. The van der Waals surface area contributed by atoms with Crippen LogP contribution in [0, 0.1) is 0 Å². The van der Waals surface area contributed by atoms with Gasteiger partial charge >= 0.3 is 0 Å². The number of nitrogens with zero attached hydrogens (tertiary/aromatic N) is 2. The number of aromatic nitrogens is 2. The van der Waals surface area contributed by atoms with E-state index in [4.69, 9.17) is 16.7 Å². The molecule has 0 aliphatic rings. The first-order chi connectivity index (χ1) is 10.4. The van der Waals surface area contributed by atoms with Crippen molar-refractivity contribution in [1.82, 2.24) is 9.78 Å². The third-order valence-corrected chi connectivity index (χ3v) is 5.71. The SMILES string of the molecule is C[Si](C)(C)Cn1nc(-c2cccs2)cc1-c1ccc(Cl)cc1. The van der Waals surface area contributed by atoms with Crippen LogP contribution in [-0.4, -0.2) is 17.9 Å². The average molecular weight is 347 g/mol. The van der Waals surface area contributed by atoms with Gasteiger partial charge in [-0.3, -0.25) is 4.68 Å². The van der Waals surface area contributed by atoms with E-state index in [0.717, 1.165) is 22.4 Å². The van der Waals surface area contributed by atoms with Crippen molar-refractivity contribution in [3.05, 3.63) is 52.9 Å². The summed E-state index contributed by atoms with van der Waals surface area (Å²) in [5, 5.41) is 7.72. The Morgan fingerprint density at radius 2 is 1.86 bits per heavy atom. The van der Waals surface area contributed by atoms with Crippen molar-refractivity contribution >= 4 is 31.0 Å². The van der Waals surface area contributed by atoms with Crippen LogP contribution in [0.2, 0.25) is 24.7 Å². The van der Waals surface area contributed by atoms with Crippen LogP contribution in [0.5, 0.6) is 0 Å². The van der Waals surface area contributed by atoms with Gasteiger partial charge in [0, 0.05) is 11.2 Å². The van der Waals surface area contributed by atoms with E-state index in [1.165, 1.54) is 10.6 Å². The normalized spacial score (nSPS) is 11.8. The van der Waals surface area contributed by atoms with Crippen molar-refractivity contribution in [2.24, 2.45) is 0 Å². The van der Waals surface area contributed by atoms with Crippen molar-refractivity contribution in [3.8, 4) is 21.8 Å². The van der Waals surface area contributed by atoms with Gasteiger partial charge in [-0.25, -0.2) is 0 Å². The van der Waals surface area contributed by atoms with Gasteiger partial charge in [0.05, 0.1) is 18.6 Å². The van der Waals surface area contributed by atoms with Crippen molar-refractivity contribution in [2.75, 3.05) is 0 Å². The third-order valence-electron chi connectivity index (χ3n) is 3.32. The van der Waals surface area contributed by atoms with Gasteiger partial charge in [0.15, 0.2) is 0 Å². The standard InChI is InChI=1S/C17H19ClN2SSi/c1-22(2,3)12-20-16(13-6-8-14(18)9-7-13)11-15(19-20)17-5-4-10-21-17/h4-11H,12H2,1-3H3. The first-order valence-electron chi connectivity index (χ1n) is 7.30. The fourth-order valence-corrected chi connectivity index (χ4v) is 4.33. The largest absolute Gasteiger partial charge is 0.267 e. The maximum absolute atomic E-state index is 6.02. The minimum atomic E-state index is -1.27. The molecule has 0 spiro atoms. The van der Waals surface area contributed by atoms with Gasteiger partial charge in [-0.05, 0) is 35.2 Å². The predicted molar refractivity (Wildman–Crippen MR) is 99.3 cm³/mol. The van der Waals surface area contributed by atoms with Gasteiger partial charge in [-0.15, -0.1) is 11.3 Å². The summed E-state index contributed by atoms with van der Waals surface area (Å²) in [4.78, 5) is 1.21. The van der Waals surface area contributed by atoms with Crippen molar-refractivity contribution in [1.29, 1.82) is 0 Å². The average Bonchev–Trinajstić information content (AvgIpc) is 3.07. The Labute approximate surface area is 141 Å². The molecule has 2 nitrogen and oxygen atoms in total. The highest BCUT2D eigenvalue weighted by molar-refractivity contribution is 7.13. The van der Waals surface area contributed by atoms with Gasteiger partial charge < -0.3 is 0 Å². The zero-order chi connectivity index (χ0) is 15.7. The molecule has 0 amide bonds. The Balaban J connectivity index is 2.08. The zero-order valence-corrected chi connectivity index (χ0v) is 15.6. The molecule has 114 valence electrons. The van der Waals surface area contributed by atoms with Crippen LogP contribution < -0.4 is 0 Å². The lowest BCUT2D eigenvalue weighted by atomic mass is 10.1. The number of halogens is 1. The summed E-state index contributed by atoms with van der Waals surface area (Å²) in [5.74, 6) is 0. The Kier molecular flexibility index (Phi) is 4.26. The number of rotatable bonds is 4. The van der Waals surface area contributed by atoms with E-state index in [0.29, 0.717) is 0 Å². The third kappa shape index (κ3) is 3.51. The van der Waals surface area contributed by atoms with Gasteiger partial charge in [-0.2, -0.15) is 5.10 Å². The Bertz CT molecular complexity index is 755. The van der Waals surface area contributed by atoms with Crippen LogP contribution >= 0.6 is 22.9 Å². The number of thiophene rings is 1. The Hall–Kier alpha value is -1.36. The molecular formula is C17H19ClN2SSi. The van der Waals surface area contributed by atoms with Gasteiger partial charge in [0.2, 0.25) is 0 Å². The van der Waals surface area contributed by atoms with Crippen LogP contribution in [0.4, 0.5) is 0 Å². The second kappa shape index (κ2) is 6.03. The second-order valence-corrected chi connectivity index (χ2v) is 13.4. The van der Waals surface area contributed by atoms with Crippen LogP contribution in [0.1, 0.15) is 0 Å². The van der Waals surface area contributed by atoms with E-state index < -0.39 is 8.07 Å². The molecule has 0 aliphatic carbocycles. The summed E-state index contributed by atoms with van der Waals surface area (Å²) in [6.07, 6.45) is 1.01. The lowest BCUT2D eigenvalue weighted by molar-refractivity contribution is 0.736. The number of hydrogen-bond acceptors (Lipinski definition) is 2. The summed E-state index contributed by atoms with van der Waals surface area (Å²) in [5.41, 5.74) is 3.39. The summed E-state index contributed by atoms with van der Waals surface area (Å²) in [6, 6.07) is 14.4. The first kappa shape index (κ1) is 15.5. The van der Waals surface area contributed by atoms with Crippen LogP contribution in [0.3, 0.4) is 0 Å². The fraction of sp³-hybridized carbons (Fsp3) is 0.235. The molecule has 1 aromatic carbocycles. The molecule has 0 radical (unpaired) electrons. The maximum atomic E-state index is 6.02. The van der Waals surface area contributed by atoms with E-state index >= 15 is 0 Å². The molecule has 0 saturated carbocycles. The summed E-state index contributed by atoms with van der Waals surface area (Å²) in [6.45, 7) is 7.10. The summed E-state index contributed by atoms with van der Waals surface area (Å²) < 4.78 is 2.17. The molecule has 3 rings (SSSR count). The molecule has 0 bridgehead atoms. The highest BCUT2D eigenvalue weighted by atomic mass is 35.5. The highest BCUT2D eigenvalue weighted by Gasteiger charge is 2.19. The molecule has 5 heteroatoms. The van der Waals surface area contributed by atoms with E-state index in [1.54, 1.807) is 11.3 Å².